The summed E-state index contributed by atoms with van der Waals surface area (Å²) in [6.45, 7) is 4.79. The highest BCUT2D eigenvalue weighted by atomic mass is 16.5. The largest absolute Gasteiger partial charge is 0.381 e. The molecule has 1 aromatic heterocycles. The maximum Gasteiger partial charge on any atom is 0.223 e. The first kappa shape index (κ1) is 17.8. The molecule has 0 saturated carbocycles. The van der Waals surface area contributed by atoms with E-state index in [-0.39, 0.29) is 23.7 Å². The Balaban J connectivity index is 1.50. The zero-order chi connectivity index (χ0) is 17.6. The van der Waals surface area contributed by atoms with E-state index in [9.17, 15) is 9.59 Å². The van der Waals surface area contributed by atoms with Gasteiger partial charge in [-0.2, -0.15) is 0 Å². The van der Waals surface area contributed by atoms with Gasteiger partial charge < -0.3 is 15.0 Å². The Morgan fingerprint density at radius 1 is 1.32 bits per heavy atom. The average molecular weight is 346 g/mol. The van der Waals surface area contributed by atoms with E-state index in [0.29, 0.717) is 26.2 Å². The molecule has 0 aliphatic carbocycles. The van der Waals surface area contributed by atoms with Crippen LogP contribution in [0.3, 0.4) is 0 Å². The summed E-state index contributed by atoms with van der Waals surface area (Å²) < 4.78 is 5.50. The third-order valence-corrected chi connectivity index (χ3v) is 5.01. The third kappa shape index (κ3) is 4.75. The van der Waals surface area contributed by atoms with Crippen molar-refractivity contribution in [3.63, 3.8) is 0 Å². The molecular formula is C18H26N4O3. The van der Waals surface area contributed by atoms with Crippen LogP contribution in [0.15, 0.2) is 12.3 Å². The maximum atomic E-state index is 12.4. The summed E-state index contributed by atoms with van der Waals surface area (Å²) in [7, 11) is 0. The molecule has 2 aliphatic rings. The number of aromatic nitrogens is 2. The van der Waals surface area contributed by atoms with Gasteiger partial charge in [-0.1, -0.05) is 0 Å². The number of rotatable bonds is 4. The number of ether oxygens (including phenoxy) is 1. The summed E-state index contributed by atoms with van der Waals surface area (Å²) in [5.74, 6) is 1.16. The Hall–Kier alpha value is -2.02. The number of hydrogen-bond acceptors (Lipinski definition) is 5. The molecule has 2 aliphatic heterocycles. The Kier molecular flexibility index (Phi) is 5.96. The van der Waals surface area contributed by atoms with Crippen LogP contribution in [-0.4, -0.2) is 53.0 Å². The molecule has 1 unspecified atom stereocenters. The Bertz CT molecular complexity index is 608. The van der Waals surface area contributed by atoms with Crippen molar-refractivity contribution in [1.29, 1.82) is 0 Å². The highest BCUT2D eigenvalue weighted by Gasteiger charge is 2.26. The first-order valence-corrected chi connectivity index (χ1v) is 9.06. The van der Waals surface area contributed by atoms with E-state index in [0.717, 1.165) is 43.8 Å². The second-order valence-electron chi connectivity index (χ2n) is 6.82. The van der Waals surface area contributed by atoms with Crippen molar-refractivity contribution in [2.75, 3.05) is 26.3 Å². The van der Waals surface area contributed by atoms with Crippen molar-refractivity contribution >= 4 is 11.8 Å². The minimum Gasteiger partial charge on any atom is -0.381 e. The van der Waals surface area contributed by atoms with Gasteiger partial charge in [0.2, 0.25) is 11.8 Å². The van der Waals surface area contributed by atoms with Crippen molar-refractivity contribution < 1.29 is 14.3 Å². The molecule has 0 bridgehead atoms. The third-order valence-electron chi connectivity index (χ3n) is 5.01. The van der Waals surface area contributed by atoms with Gasteiger partial charge in [0.05, 0.1) is 18.8 Å². The van der Waals surface area contributed by atoms with Crippen molar-refractivity contribution in [3.8, 4) is 0 Å². The standard InChI is InChI=1S/C18H26N4O3/c1-13(23)22-8-5-14(6-9-22)18(24)20-11-16-4-7-19-17(21-16)15-3-2-10-25-12-15/h4,7,14-15H,2-3,5-6,8-12H2,1H3,(H,20,24). The molecule has 2 fully saturated rings. The van der Waals surface area contributed by atoms with Gasteiger partial charge in [0, 0.05) is 44.7 Å². The predicted molar refractivity (Wildman–Crippen MR) is 91.7 cm³/mol. The SMILES string of the molecule is CC(=O)N1CCC(C(=O)NCc2ccnc(C3CCCOC3)n2)CC1. The van der Waals surface area contributed by atoms with Crippen LogP contribution in [0, 0.1) is 5.92 Å². The fourth-order valence-corrected chi connectivity index (χ4v) is 3.43. The number of carbonyl (C=O) groups is 2. The fraction of sp³-hybridized carbons (Fsp3) is 0.667. The van der Waals surface area contributed by atoms with Crippen LogP contribution >= 0.6 is 0 Å². The summed E-state index contributed by atoms with van der Waals surface area (Å²) >= 11 is 0. The minimum atomic E-state index is -0.0244. The summed E-state index contributed by atoms with van der Waals surface area (Å²) in [6.07, 6.45) is 5.28. The molecule has 25 heavy (non-hydrogen) atoms. The van der Waals surface area contributed by atoms with E-state index in [4.69, 9.17) is 4.74 Å². The first-order chi connectivity index (χ1) is 12.1. The van der Waals surface area contributed by atoms with E-state index >= 15 is 0 Å². The second-order valence-corrected chi connectivity index (χ2v) is 6.82. The van der Waals surface area contributed by atoms with Gasteiger partial charge in [-0.3, -0.25) is 9.59 Å². The average Bonchev–Trinajstić information content (AvgIpc) is 2.67. The summed E-state index contributed by atoms with van der Waals surface area (Å²) in [5, 5.41) is 2.98. The lowest BCUT2D eigenvalue weighted by atomic mass is 9.96. The number of carbonyl (C=O) groups excluding carboxylic acids is 2. The van der Waals surface area contributed by atoms with Gasteiger partial charge in [0.1, 0.15) is 5.82 Å². The van der Waals surface area contributed by atoms with Gasteiger partial charge in [-0.05, 0) is 31.7 Å². The smallest absolute Gasteiger partial charge is 0.223 e. The number of likely N-dealkylation sites (tertiary alicyclic amines) is 1. The highest BCUT2D eigenvalue weighted by molar-refractivity contribution is 5.79. The Labute approximate surface area is 148 Å². The molecule has 1 aromatic rings. The first-order valence-electron chi connectivity index (χ1n) is 9.06. The lowest BCUT2D eigenvalue weighted by Gasteiger charge is -2.30. The van der Waals surface area contributed by atoms with Crippen molar-refractivity contribution in [2.45, 2.75) is 45.1 Å². The molecule has 3 rings (SSSR count). The van der Waals surface area contributed by atoms with Crippen LogP contribution in [0.25, 0.3) is 0 Å². The molecule has 2 saturated heterocycles. The monoisotopic (exact) mass is 346 g/mol. The van der Waals surface area contributed by atoms with Gasteiger partial charge in [-0.25, -0.2) is 9.97 Å². The van der Waals surface area contributed by atoms with E-state index in [2.05, 4.69) is 15.3 Å². The molecule has 1 atom stereocenters. The zero-order valence-corrected chi connectivity index (χ0v) is 14.7. The molecule has 1 N–H and O–H groups in total. The summed E-state index contributed by atoms with van der Waals surface area (Å²) in [4.78, 5) is 34.5. The number of nitrogens with zero attached hydrogens (tertiary/aromatic N) is 3. The molecule has 3 heterocycles. The van der Waals surface area contributed by atoms with E-state index in [1.165, 1.54) is 0 Å². The number of nitrogens with one attached hydrogen (secondary N) is 1. The topological polar surface area (TPSA) is 84.4 Å². The predicted octanol–water partition coefficient (Wildman–Crippen LogP) is 1.25. The molecule has 136 valence electrons. The molecule has 0 radical (unpaired) electrons. The van der Waals surface area contributed by atoms with Crippen LogP contribution in [0.4, 0.5) is 0 Å². The lowest BCUT2D eigenvalue weighted by molar-refractivity contribution is -0.134. The quantitative estimate of drug-likeness (QED) is 0.887. The highest BCUT2D eigenvalue weighted by Crippen LogP contribution is 2.22. The van der Waals surface area contributed by atoms with Crippen molar-refractivity contribution in [1.82, 2.24) is 20.2 Å². The van der Waals surface area contributed by atoms with Gasteiger partial charge in [0.25, 0.3) is 0 Å². The van der Waals surface area contributed by atoms with Crippen LogP contribution in [0.5, 0.6) is 0 Å². The normalized spacial score (nSPS) is 21.8. The zero-order valence-electron chi connectivity index (χ0n) is 14.7. The van der Waals surface area contributed by atoms with Crippen LogP contribution in [-0.2, 0) is 20.9 Å². The molecule has 2 amide bonds. The van der Waals surface area contributed by atoms with E-state index in [1.54, 1.807) is 18.0 Å². The minimum absolute atomic E-state index is 0.0244. The Morgan fingerprint density at radius 2 is 2.12 bits per heavy atom. The maximum absolute atomic E-state index is 12.4. The second kappa shape index (κ2) is 8.38. The number of amides is 2. The van der Waals surface area contributed by atoms with Crippen LogP contribution in [0.2, 0.25) is 0 Å². The number of piperidine rings is 1. The van der Waals surface area contributed by atoms with Gasteiger partial charge >= 0.3 is 0 Å². The fourth-order valence-electron chi connectivity index (χ4n) is 3.43. The van der Waals surface area contributed by atoms with Gasteiger partial charge in [0.15, 0.2) is 0 Å². The molecule has 0 aromatic carbocycles. The lowest BCUT2D eigenvalue weighted by Crippen LogP contribution is -2.42. The van der Waals surface area contributed by atoms with Crippen molar-refractivity contribution in [2.24, 2.45) is 5.92 Å². The van der Waals surface area contributed by atoms with E-state index < -0.39 is 0 Å². The van der Waals surface area contributed by atoms with Crippen LogP contribution in [0.1, 0.15) is 50.0 Å². The number of hydrogen-bond donors (Lipinski definition) is 1. The molecule has 0 spiro atoms. The molecule has 7 heteroatoms. The van der Waals surface area contributed by atoms with Gasteiger partial charge in [-0.15, -0.1) is 0 Å². The molecule has 7 nitrogen and oxygen atoms in total. The van der Waals surface area contributed by atoms with Crippen LogP contribution < -0.4 is 5.32 Å². The van der Waals surface area contributed by atoms with E-state index in [1.807, 2.05) is 6.07 Å². The van der Waals surface area contributed by atoms with Crippen molar-refractivity contribution in [3.05, 3.63) is 23.8 Å². The summed E-state index contributed by atoms with van der Waals surface area (Å²) in [5.41, 5.74) is 0.824. The molecular weight excluding hydrogens is 320 g/mol. The Morgan fingerprint density at radius 3 is 2.80 bits per heavy atom. The summed E-state index contributed by atoms with van der Waals surface area (Å²) in [6, 6.07) is 1.84.